The molecule has 3 aromatic heterocycles. The van der Waals surface area contributed by atoms with Crippen LogP contribution in [0.3, 0.4) is 0 Å². The fourth-order valence-electron chi connectivity index (χ4n) is 3.78. The lowest BCUT2D eigenvalue weighted by Gasteiger charge is -2.29. The number of aliphatic hydroxyl groups excluding tert-OH is 1. The fourth-order valence-corrected chi connectivity index (χ4v) is 5.11. The van der Waals surface area contributed by atoms with Crippen LogP contribution in [0.2, 0.25) is 0 Å². The number of hydrogen-bond acceptors (Lipinski definition) is 7. The number of halogens is 1. The molecule has 7 nitrogen and oxygen atoms in total. The number of aromatic nitrogens is 3. The van der Waals surface area contributed by atoms with Crippen molar-refractivity contribution in [2.45, 2.75) is 25.7 Å². The molecule has 0 saturated carbocycles. The summed E-state index contributed by atoms with van der Waals surface area (Å²) in [4.78, 5) is 22.4. The van der Waals surface area contributed by atoms with Gasteiger partial charge in [0.1, 0.15) is 0 Å². The number of hydrogen-bond donors (Lipinski definition) is 1. The van der Waals surface area contributed by atoms with Gasteiger partial charge in [0.05, 0.1) is 33.0 Å². The van der Waals surface area contributed by atoms with E-state index in [9.17, 15) is 5.11 Å². The maximum absolute atomic E-state index is 11.1. The fraction of sp³-hybridized carbons (Fsp3) is 0.269. The molecule has 1 aliphatic heterocycles. The minimum absolute atomic E-state index is 0.0586. The maximum atomic E-state index is 11.1. The topological polar surface area (TPSA) is 77.7 Å². The molecular formula is C26H29IN6O. The number of aliphatic hydroxyl groups is 1. The van der Waals surface area contributed by atoms with Gasteiger partial charge in [-0.1, -0.05) is 38.9 Å². The van der Waals surface area contributed by atoms with Crippen molar-refractivity contribution in [3.8, 4) is 0 Å². The zero-order valence-corrected chi connectivity index (χ0v) is 21.1. The van der Waals surface area contributed by atoms with Crippen LogP contribution >= 0.6 is 20.7 Å². The lowest BCUT2D eigenvalue weighted by Crippen LogP contribution is -2.41. The highest BCUT2D eigenvalue weighted by molar-refractivity contribution is 14.2. The largest absolute Gasteiger partial charge is 0.390 e. The number of rotatable bonds is 12. The van der Waals surface area contributed by atoms with Crippen LogP contribution in [0, 0.1) is 0 Å². The summed E-state index contributed by atoms with van der Waals surface area (Å²) < 4.78 is 4.25. The van der Waals surface area contributed by atoms with Crippen LogP contribution in [0.1, 0.15) is 17.1 Å². The molecule has 8 heteroatoms. The minimum atomic E-state index is -0.555. The summed E-state index contributed by atoms with van der Waals surface area (Å²) in [5.74, 6) is 0. The Balaban J connectivity index is 1.44. The van der Waals surface area contributed by atoms with Crippen LogP contribution in [0.4, 0.5) is 0 Å². The standard InChI is InChI=1S/C26H29IN6O/c34-26(19-32(15-22-7-1-4-12-28-22)16-23-8-2-5-13-29-23)20-33(17-24-9-3-6-14-30-24)18-25-10-11-27-21-31-25/h1-14,21,26,34H,15-20H2. The molecule has 3 aromatic rings. The first-order valence-corrected chi connectivity index (χ1v) is 13.7. The van der Waals surface area contributed by atoms with Crippen molar-refractivity contribution in [1.29, 1.82) is 0 Å². The van der Waals surface area contributed by atoms with Crippen molar-refractivity contribution in [2.75, 3.05) is 19.6 Å². The first-order chi connectivity index (χ1) is 16.7. The second kappa shape index (κ2) is 13.3. The molecule has 0 spiro atoms. The first kappa shape index (κ1) is 24.5. The van der Waals surface area contributed by atoms with Gasteiger partial charge in [0.15, 0.2) is 0 Å². The molecule has 1 N–H and O–H groups in total. The van der Waals surface area contributed by atoms with Crippen LogP contribution in [0.25, 0.3) is 0 Å². The summed E-state index contributed by atoms with van der Waals surface area (Å²) in [6, 6.07) is 17.8. The molecule has 0 saturated heterocycles. The summed E-state index contributed by atoms with van der Waals surface area (Å²) in [7, 11) is 0. The molecule has 0 radical (unpaired) electrons. The molecule has 0 aliphatic carbocycles. The Morgan fingerprint density at radius 1 is 0.706 bits per heavy atom. The van der Waals surface area contributed by atoms with E-state index < -0.39 is 6.10 Å². The van der Waals surface area contributed by atoms with Crippen LogP contribution in [-0.2, 0) is 19.6 Å². The molecule has 4 rings (SSSR count). The molecule has 0 bridgehead atoms. The van der Waals surface area contributed by atoms with Crippen molar-refractivity contribution in [1.82, 2.24) is 24.8 Å². The molecule has 1 atom stereocenters. The molecule has 176 valence electrons. The van der Waals surface area contributed by atoms with Crippen LogP contribution in [-0.4, -0.2) is 65.4 Å². The third-order valence-electron chi connectivity index (χ3n) is 5.26. The van der Waals surface area contributed by atoms with E-state index in [1.54, 1.807) is 12.4 Å². The second-order valence-electron chi connectivity index (χ2n) is 8.09. The maximum Gasteiger partial charge on any atom is 0.0794 e. The Morgan fingerprint density at radius 3 is 1.62 bits per heavy atom. The highest BCUT2D eigenvalue weighted by Crippen LogP contribution is 2.11. The van der Waals surface area contributed by atoms with E-state index in [4.69, 9.17) is 0 Å². The van der Waals surface area contributed by atoms with Gasteiger partial charge < -0.3 is 5.11 Å². The molecule has 1 unspecified atom stereocenters. The number of nitrogens with zero attached hydrogens (tertiary/aromatic N) is 6. The summed E-state index contributed by atoms with van der Waals surface area (Å²) in [5.41, 5.74) is 3.94. The lowest BCUT2D eigenvalue weighted by atomic mass is 10.2. The number of pyridine rings is 3. The predicted molar refractivity (Wildman–Crippen MR) is 145 cm³/mol. The Morgan fingerprint density at radius 2 is 1.21 bits per heavy atom. The Labute approximate surface area is 210 Å². The van der Waals surface area contributed by atoms with Gasteiger partial charge in [-0.15, -0.1) is 0 Å². The molecule has 0 fully saturated rings. The van der Waals surface area contributed by atoms with Crippen molar-refractivity contribution in [2.24, 2.45) is 4.99 Å². The molecule has 4 heterocycles. The van der Waals surface area contributed by atoms with Gasteiger partial charge in [0.25, 0.3) is 0 Å². The van der Waals surface area contributed by atoms with Gasteiger partial charge in [-0.3, -0.25) is 29.7 Å². The third-order valence-corrected chi connectivity index (χ3v) is 6.63. The molecule has 34 heavy (non-hydrogen) atoms. The van der Waals surface area contributed by atoms with Crippen molar-refractivity contribution in [3.05, 3.63) is 100 Å². The van der Waals surface area contributed by atoms with Crippen molar-refractivity contribution in [3.63, 3.8) is 0 Å². The van der Waals surface area contributed by atoms with E-state index in [0.29, 0.717) is 39.3 Å². The van der Waals surface area contributed by atoms with E-state index in [1.807, 2.05) is 64.9 Å². The lowest BCUT2D eigenvalue weighted by molar-refractivity contribution is 0.0696. The van der Waals surface area contributed by atoms with Crippen LogP contribution in [0.15, 0.2) is 88.3 Å². The zero-order chi connectivity index (χ0) is 23.4. The van der Waals surface area contributed by atoms with E-state index in [2.05, 4.69) is 39.9 Å². The van der Waals surface area contributed by atoms with Gasteiger partial charge in [0.2, 0.25) is 0 Å². The van der Waals surface area contributed by atoms with E-state index in [1.165, 1.54) is 0 Å². The zero-order valence-electron chi connectivity index (χ0n) is 19.0. The monoisotopic (exact) mass is 568 g/mol. The molecule has 0 amide bonds. The van der Waals surface area contributed by atoms with Gasteiger partial charge in [-0.05, 0) is 46.6 Å². The van der Waals surface area contributed by atoms with Crippen LogP contribution in [0.5, 0.6) is 0 Å². The second-order valence-corrected chi connectivity index (χ2v) is 10.1. The first-order valence-electron chi connectivity index (χ1n) is 11.2. The number of aliphatic imine (C=N–C) groups is 1. The van der Waals surface area contributed by atoms with Crippen molar-refractivity contribution >= 4 is 30.6 Å². The normalized spacial score (nSPS) is 14.1. The van der Waals surface area contributed by atoms with E-state index >= 15 is 0 Å². The highest BCUT2D eigenvalue weighted by Gasteiger charge is 2.19. The highest BCUT2D eigenvalue weighted by atomic mass is 127. The average Bonchev–Trinajstić information content (AvgIpc) is 2.86. The van der Waals surface area contributed by atoms with Gasteiger partial charge in [-0.2, -0.15) is 0 Å². The van der Waals surface area contributed by atoms with Crippen molar-refractivity contribution < 1.29 is 5.11 Å². The SMILES string of the molecule is OC(CN(CC1=NC=IC=C1)Cc1ccccn1)CN(Cc1ccccn1)Cc1ccccn1. The van der Waals surface area contributed by atoms with E-state index in [0.717, 1.165) is 22.8 Å². The Kier molecular flexibility index (Phi) is 9.56. The molecule has 1 aliphatic rings. The quantitative estimate of drug-likeness (QED) is 0.338. The predicted octanol–water partition coefficient (Wildman–Crippen LogP) is 3.44. The Bertz CT molecular complexity index is 1050. The summed E-state index contributed by atoms with van der Waals surface area (Å²) in [6.07, 6.45) is 6.97. The van der Waals surface area contributed by atoms with Gasteiger partial charge in [-0.25, -0.2) is 0 Å². The molecule has 0 aromatic carbocycles. The smallest absolute Gasteiger partial charge is 0.0794 e. The summed E-state index contributed by atoms with van der Waals surface area (Å²) >= 11 is -0.0586. The molecular weight excluding hydrogens is 539 g/mol. The van der Waals surface area contributed by atoms with Gasteiger partial charge >= 0.3 is 0 Å². The third kappa shape index (κ3) is 8.28. The Hall–Kier alpha value is -2.66. The summed E-state index contributed by atoms with van der Waals surface area (Å²) in [6.45, 7) is 3.63. The summed E-state index contributed by atoms with van der Waals surface area (Å²) in [5, 5.41) is 11.1. The van der Waals surface area contributed by atoms with E-state index in [-0.39, 0.29) is 20.7 Å². The average molecular weight is 568 g/mol. The van der Waals surface area contributed by atoms with Gasteiger partial charge in [0, 0.05) is 57.9 Å². The van der Waals surface area contributed by atoms with Crippen LogP contribution < -0.4 is 0 Å². The minimum Gasteiger partial charge on any atom is -0.390 e.